The molecule has 0 spiro atoms. The van der Waals surface area contributed by atoms with E-state index in [0.717, 1.165) is 38.9 Å². The summed E-state index contributed by atoms with van der Waals surface area (Å²) in [4.78, 5) is 30.0. The Kier molecular flexibility index (Phi) is 8.38. The molecule has 0 radical (unpaired) electrons. The standard InChI is InChI=1S/C14H20N2O.C2H2O4/c17-14(13-7-9-15-10-8-13)16-11-6-12-4-2-1-3-5-12;3-1(4)2(5)6/h1-5,13,15H,6-11H2,(H,16,17);(H,3,4)(H,5,6). The number of hydrogen-bond donors (Lipinski definition) is 4. The predicted octanol–water partition coefficient (Wildman–Crippen LogP) is 0.501. The fourth-order valence-corrected chi connectivity index (χ4v) is 2.20. The molecule has 1 fully saturated rings. The van der Waals surface area contributed by atoms with E-state index >= 15 is 0 Å². The first kappa shape index (κ1) is 18.6. The Balaban J connectivity index is 0.000000379. The van der Waals surface area contributed by atoms with Crippen LogP contribution in [0.3, 0.4) is 0 Å². The van der Waals surface area contributed by atoms with E-state index < -0.39 is 11.9 Å². The van der Waals surface area contributed by atoms with Gasteiger partial charge in [0.2, 0.25) is 5.91 Å². The third-order valence-corrected chi connectivity index (χ3v) is 3.45. The fraction of sp³-hybridized carbons (Fsp3) is 0.438. The minimum absolute atomic E-state index is 0.215. The SMILES string of the molecule is O=C(NCCc1ccccc1)C1CCNCC1.O=C(O)C(=O)O. The number of carbonyl (C=O) groups excluding carboxylic acids is 1. The number of rotatable bonds is 4. The van der Waals surface area contributed by atoms with Gasteiger partial charge in [-0.15, -0.1) is 0 Å². The number of carboxylic acid groups (broad SMARTS) is 2. The molecule has 0 aromatic heterocycles. The molecule has 1 aliphatic heterocycles. The van der Waals surface area contributed by atoms with Crippen LogP contribution < -0.4 is 10.6 Å². The minimum Gasteiger partial charge on any atom is -0.473 e. The van der Waals surface area contributed by atoms with E-state index in [2.05, 4.69) is 22.8 Å². The number of nitrogens with one attached hydrogen (secondary N) is 2. The van der Waals surface area contributed by atoms with Crippen LogP contribution >= 0.6 is 0 Å². The smallest absolute Gasteiger partial charge is 0.414 e. The van der Waals surface area contributed by atoms with Gasteiger partial charge in [0.05, 0.1) is 0 Å². The molecule has 0 unspecified atom stereocenters. The number of carboxylic acids is 2. The zero-order chi connectivity index (χ0) is 17.1. The predicted molar refractivity (Wildman–Crippen MR) is 84.0 cm³/mol. The van der Waals surface area contributed by atoms with E-state index in [1.54, 1.807) is 0 Å². The van der Waals surface area contributed by atoms with E-state index in [-0.39, 0.29) is 11.8 Å². The van der Waals surface area contributed by atoms with Gasteiger partial charge in [0.15, 0.2) is 0 Å². The number of benzene rings is 1. The summed E-state index contributed by atoms with van der Waals surface area (Å²) in [5, 5.41) is 21.1. The van der Waals surface area contributed by atoms with Crippen molar-refractivity contribution < 1.29 is 24.6 Å². The average molecular weight is 322 g/mol. The van der Waals surface area contributed by atoms with Crippen molar-refractivity contribution in [2.24, 2.45) is 5.92 Å². The van der Waals surface area contributed by atoms with E-state index in [0.29, 0.717) is 0 Å². The molecule has 1 aliphatic rings. The van der Waals surface area contributed by atoms with Gasteiger partial charge in [-0.05, 0) is 37.9 Å². The Hall–Kier alpha value is -2.41. The summed E-state index contributed by atoms with van der Waals surface area (Å²) in [6, 6.07) is 10.3. The van der Waals surface area contributed by atoms with Crippen LogP contribution in [0.4, 0.5) is 0 Å². The van der Waals surface area contributed by atoms with Crippen LogP contribution in [-0.2, 0) is 20.8 Å². The number of aliphatic carboxylic acids is 2. The second-order valence-corrected chi connectivity index (χ2v) is 5.16. The zero-order valence-corrected chi connectivity index (χ0v) is 12.8. The molecule has 0 bridgehead atoms. The third kappa shape index (κ3) is 7.96. The topological polar surface area (TPSA) is 116 Å². The molecule has 7 nitrogen and oxygen atoms in total. The molecule has 1 aromatic rings. The molecule has 2 rings (SSSR count). The number of hydrogen-bond acceptors (Lipinski definition) is 4. The van der Waals surface area contributed by atoms with E-state index in [9.17, 15) is 4.79 Å². The van der Waals surface area contributed by atoms with Gasteiger partial charge in [-0.2, -0.15) is 0 Å². The fourth-order valence-electron chi connectivity index (χ4n) is 2.20. The lowest BCUT2D eigenvalue weighted by atomic mass is 9.97. The summed E-state index contributed by atoms with van der Waals surface area (Å²) in [5.74, 6) is -3.21. The highest BCUT2D eigenvalue weighted by Gasteiger charge is 2.19. The molecule has 1 heterocycles. The molecule has 4 N–H and O–H groups in total. The van der Waals surface area contributed by atoms with Crippen molar-refractivity contribution in [2.75, 3.05) is 19.6 Å². The molecule has 1 amide bonds. The number of carbonyl (C=O) groups is 3. The summed E-state index contributed by atoms with van der Waals surface area (Å²) in [7, 11) is 0. The molecule has 1 aromatic carbocycles. The maximum Gasteiger partial charge on any atom is 0.414 e. The zero-order valence-electron chi connectivity index (χ0n) is 12.8. The Bertz CT molecular complexity index is 500. The monoisotopic (exact) mass is 322 g/mol. The summed E-state index contributed by atoms with van der Waals surface area (Å²) < 4.78 is 0. The highest BCUT2D eigenvalue weighted by atomic mass is 16.4. The van der Waals surface area contributed by atoms with Gasteiger partial charge in [-0.1, -0.05) is 30.3 Å². The van der Waals surface area contributed by atoms with Crippen LogP contribution in [0.25, 0.3) is 0 Å². The van der Waals surface area contributed by atoms with Crippen molar-refractivity contribution in [3.8, 4) is 0 Å². The number of piperidine rings is 1. The van der Waals surface area contributed by atoms with Gasteiger partial charge < -0.3 is 20.8 Å². The molecule has 7 heteroatoms. The molecule has 0 atom stereocenters. The van der Waals surface area contributed by atoms with Gasteiger partial charge in [0.1, 0.15) is 0 Å². The summed E-state index contributed by atoms with van der Waals surface area (Å²) in [6.07, 6.45) is 2.85. The highest BCUT2D eigenvalue weighted by molar-refractivity contribution is 6.27. The second kappa shape index (κ2) is 10.3. The van der Waals surface area contributed by atoms with Gasteiger partial charge in [-0.3, -0.25) is 4.79 Å². The first-order valence-electron chi connectivity index (χ1n) is 7.49. The molecular formula is C16H22N2O5. The van der Waals surface area contributed by atoms with Crippen molar-refractivity contribution in [1.29, 1.82) is 0 Å². The maximum absolute atomic E-state index is 11.8. The summed E-state index contributed by atoms with van der Waals surface area (Å²) in [6.45, 7) is 2.68. The van der Waals surface area contributed by atoms with Crippen LogP contribution in [0.15, 0.2) is 30.3 Å². The van der Waals surface area contributed by atoms with Crippen LogP contribution in [0.1, 0.15) is 18.4 Å². The quantitative estimate of drug-likeness (QED) is 0.600. The molecule has 23 heavy (non-hydrogen) atoms. The normalized spacial score (nSPS) is 14.3. The molecule has 1 saturated heterocycles. The first-order chi connectivity index (χ1) is 11.0. The highest BCUT2D eigenvalue weighted by Crippen LogP contribution is 2.11. The first-order valence-corrected chi connectivity index (χ1v) is 7.49. The van der Waals surface area contributed by atoms with Crippen LogP contribution in [0, 0.1) is 5.92 Å². The van der Waals surface area contributed by atoms with Gasteiger partial charge in [0.25, 0.3) is 0 Å². The Morgan fingerprint density at radius 1 is 1.04 bits per heavy atom. The van der Waals surface area contributed by atoms with Gasteiger partial charge >= 0.3 is 11.9 Å². The van der Waals surface area contributed by atoms with Gasteiger partial charge in [-0.25, -0.2) is 9.59 Å². The third-order valence-electron chi connectivity index (χ3n) is 3.45. The number of amides is 1. The maximum atomic E-state index is 11.8. The lowest BCUT2D eigenvalue weighted by Gasteiger charge is -2.21. The Labute approximate surface area is 134 Å². The summed E-state index contributed by atoms with van der Waals surface area (Å²) in [5.41, 5.74) is 1.28. The van der Waals surface area contributed by atoms with Crippen LogP contribution in [0.5, 0.6) is 0 Å². The van der Waals surface area contributed by atoms with Crippen LogP contribution in [-0.4, -0.2) is 47.7 Å². The van der Waals surface area contributed by atoms with Crippen molar-refractivity contribution in [3.05, 3.63) is 35.9 Å². The molecule has 126 valence electrons. The van der Waals surface area contributed by atoms with Crippen molar-refractivity contribution >= 4 is 17.8 Å². The van der Waals surface area contributed by atoms with Crippen molar-refractivity contribution in [3.63, 3.8) is 0 Å². The summed E-state index contributed by atoms with van der Waals surface area (Å²) >= 11 is 0. The van der Waals surface area contributed by atoms with Gasteiger partial charge in [0, 0.05) is 12.5 Å². The van der Waals surface area contributed by atoms with E-state index in [4.69, 9.17) is 19.8 Å². The van der Waals surface area contributed by atoms with Crippen molar-refractivity contribution in [2.45, 2.75) is 19.3 Å². The van der Waals surface area contributed by atoms with Crippen LogP contribution in [0.2, 0.25) is 0 Å². The molecular weight excluding hydrogens is 300 g/mol. The molecule has 0 saturated carbocycles. The lowest BCUT2D eigenvalue weighted by Crippen LogP contribution is -2.38. The molecule has 0 aliphatic carbocycles. The average Bonchev–Trinajstić information content (AvgIpc) is 2.57. The van der Waals surface area contributed by atoms with Crippen molar-refractivity contribution in [1.82, 2.24) is 10.6 Å². The second-order valence-electron chi connectivity index (χ2n) is 5.16. The van der Waals surface area contributed by atoms with E-state index in [1.165, 1.54) is 5.56 Å². The van der Waals surface area contributed by atoms with E-state index in [1.807, 2.05) is 18.2 Å². The lowest BCUT2D eigenvalue weighted by molar-refractivity contribution is -0.159. The minimum atomic E-state index is -1.82. The largest absolute Gasteiger partial charge is 0.473 e. The Morgan fingerprint density at radius 3 is 2.13 bits per heavy atom. The Morgan fingerprint density at radius 2 is 1.61 bits per heavy atom.